The predicted octanol–water partition coefficient (Wildman–Crippen LogP) is 4.75. The van der Waals surface area contributed by atoms with Crippen molar-refractivity contribution in [1.82, 2.24) is 0 Å². The molecule has 0 fully saturated rings. The van der Waals surface area contributed by atoms with Gasteiger partial charge in [0, 0.05) is 23.4 Å². The van der Waals surface area contributed by atoms with Gasteiger partial charge < -0.3 is 10.4 Å². The number of nitrogens with one attached hydrogen (secondary N) is 1. The lowest BCUT2D eigenvalue weighted by Crippen LogP contribution is -2.12. The molecule has 0 bridgehead atoms. The number of benzene rings is 2. The molecule has 0 aliphatic carbocycles. The molecule has 8 heteroatoms. The van der Waals surface area contributed by atoms with E-state index in [2.05, 4.69) is 5.32 Å². The average molecular weight is 397 g/mol. The molecule has 2 N–H and O–H groups in total. The number of carbonyl (C=O) groups excluding carboxylic acids is 1. The zero-order valence-corrected chi connectivity index (χ0v) is 15.1. The maximum Gasteiger partial charge on any atom is 0.389 e. The van der Waals surface area contributed by atoms with E-state index in [0.29, 0.717) is 22.6 Å². The average Bonchev–Trinajstić information content (AvgIpc) is 2.60. The first-order valence-corrected chi connectivity index (χ1v) is 9.24. The first-order chi connectivity index (χ1) is 12.7. The summed E-state index contributed by atoms with van der Waals surface area (Å²) in [5, 5.41) is 11.4. The third-order valence-corrected chi connectivity index (χ3v) is 4.58. The van der Waals surface area contributed by atoms with Crippen LogP contribution in [-0.2, 0) is 17.0 Å². The predicted molar refractivity (Wildman–Crippen MR) is 99.0 cm³/mol. The molecule has 0 saturated heterocycles. The van der Waals surface area contributed by atoms with Gasteiger partial charge in [-0.25, -0.2) is 0 Å². The smallest absolute Gasteiger partial charge is 0.389 e. The summed E-state index contributed by atoms with van der Waals surface area (Å²) in [6.07, 6.45) is -5.23. The van der Waals surface area contributed by atoms with Gasteiger partial charge in [0.25, 0.3) is 5.91 Å². The second kappa shape index (κ2) is 9.45. The van der Waals surface area contributed by atoms with E-state index in [9.17, 15) is 22.8 Å². The number of halogens is 3. The van der Waals surface area contributed by atoms with Crippen LogP contribution in [0.4, 0.5) is 18.9 Å². The molecular formula is C19H18F3NO3S. The van der Waals surface area contributed by atoms with E-state index in [4.69, 9.17) is 5.11 Å². The molecular weight excluding hydrogens is 379 g/mol. The maximum atomic E-state index is 12.3. The Bertz CT molecular complexity index is 792. The lowest BCUT2D eigenvalue weighted by atomic mass is 10.1. The third kappa shape index (κ3) is 7.74. The standard InChI is InChI=1S/C19H18F3NO3S/c20-19(21,22)9-8-13-4-6-15(7-5-13)18(26)23-16-3-1-2-14(10-16)11-27-12-17(24)25/h1-7,10H,8-9,11-12H2,(H,23,26)(H,24,25). The molecule has 0 radical (unpaired) electrons. The largest absolute Gasteiger partial charge is 0.481 e. The molecule has 0 aromatic heterocycles. The van der Waals surface area contributed by atoms with Gasteiger partial charge in [0.1, 0.15) is 0 Å². The number of rotatable bonds is 8. The van der Waals surface area contributed by atoms with Crippen molar-refractivity contribution in [3.05, 3.63) is 65.2 Å². The zero-order chi connectivity index (χ0) is 19.9. The summed E-state index contributed by atoms with van der Waals surface area (Å²) < 4.78 is 36.7. The minimum absolute atomic E-state index is 0.00270. The molecule has 0 aliphatic rings. The van der Waals surface area contributed by atoms with E-state index in [1.54, 1.807) is 18.2 Å². The van der Waals surface area contributed by atoms with E-state index in [0.717, 1.165) is 5.56 Å². The molecule has 0 aliphatic heterocycles. The lowest BCUT2D eigenvalue weighted by Gasteiger charge is -2.09. The molecule has 0 unspecified atom stereocenters. The van der Waals surface area contributed by atoms with Crippen LogP contribution < -0.4 is 5.32 Å². The fraction of sp³-hybridized carbons (Fsp3) is 0.263. The third-order valence-electron chi connectivity index (χ3n) is 3.59. The van der Waals surface area contributed by atoms with E-state index in [-0.39, 0.29) is 18.1 Å². The van der Waals surface area contributed by atoms with E-state index in [1.165, 1.54) is 36.0 Å². The van der Waals surface area contributed by atoms with Gasteiger partial charge in [-0.3, -0.25) is 9.59 Å². The molecule has 0 spiro atoms. The monoisotopic (exact) mass is 397 g/mol. The van der Waals surface area contributed by atoms with Crippen LogP contribution in [0.5, 0.6) is 0 Å². The summed E-state index contributed by atoms with van der Waals surface area (Å²) >= 11 is 1.25. The van der Waals surface area contributed by atoms with Crippen LogP contribution in [0.25, 0.3) is 0 Å². The summed E-state index contributed by atoms with van der Waals surface area (Å²) in [6.45, 7) is 0. The Morgan fingerprint density at radius 3 is 2.37 bits per heavy atom. The van der Waals surface area contributed by atoms with Gasteiger partial charge in [-0.1, -0.05) is 24.3 Å². The van der Waals surface area contributed by atoms with Gasteiger partial charge in [-0.15, -0.1) is 11.8 Å². The van der Waals surface area contributed by atoms with Gasteiger partial charge >= 0.3 is 12.1 Å². The summed E-state index contributed by atoms with van der Waals surface area (Å²) in [4.78, 5) is 22.8. The van der Waals surface area contributed by atoms with Gasteiger partial charge in [0.2, 0.25) is 0 Å². The van der Waals surface area contributed by atoms with Crippen molar-refractivity contribution in [2.24, 2.45) is 0 Å². The van der Waals surface area contributed by atoms with Crippen molar-refractivity contribution in [1.29, 1.82) is 0 Å². The normalized spacial score (nSPS) is 11.2. The minimum Gasteiger partial charge on any atom is -0.481 e. The van der Waals surface area contributed by atoms with Crippen molar-refractivity contribution < 1.29 is 27.9 Å². The van der Waals surface area contributed by atoms with Crippen LogP contribution in [0.15, 0.2) is 48.5 Å². The Balaban J connectivity index is 1.93. The second-order valence-electron chi connectivity index (χ2n) is 5.85. The van der Waals surface area contributed by atoms with Crippen molar-refractivity contribution in [2.45, 2.75) is 24.8 Å². The number of amides is 1. The lowest BCUT2D eigenvalue weighted by molar-refractivity contribution is -0.134. The van der Waals surface area contributed by atoms with Crippen molar-refractivity contribution in [3.63, 3.8) is 0 Å². The maximum absolute atomic E-state index is 12.3. The second-order valence-corrected chi connectivity index (χ2v) is 6.84. The Labute approximate surface area is 158 Å². The molecule has 27 heavy (non-hydrogen) atoms. The van der Waals surface area contributed by atoms with Gasteiger partial charge in [0.15, 0.2) is 0 Å². The number of hydrogen-bond acceptors (Lipinski definition) is 3. The van der Waals surface area contributed by atoms with Crippen LogP contribution in [0.1, 0.15) is 27.9 Å². The molecule has 2 aromatic carbocycles. The summed E-state index contributed by atoms with van der Waals surface area (Å²) in [5.41, 5.74) is 2.30. The Morgan fingerprint density at radius 1 is 1.04 bits per heavy atom. The Hall–Kier alpha value is -2.48. The highest BCUT2D eigenvalue weighted by atomic mass is 32.2. The molecule has 4 nitrogen and oxygen atoms in total. The number of aliphatic carboxylic acids is 1. The Kier molecular flexibility index (Phi) is 7.29. The number of anilines is 1. The van der Waals surface area contributed by atoms with E-state index in [1.807, 2.05) is 6.07 Å². The molecule has 0 heterocycles. The van der Waals surface area contributed by atoms with Crippen molar-refractivity contribution >= 4 is 29.3 Å². The minimum atomic E-state index is -4.20. The number of carboxylic acid groups (broad SMARTS) is 1. The van der Waals surface area contributed by atoms with E-state index < -0.39 is 18.6 Å². The van der Waals surface area contributed by atoms with Gasteiger partial charge in [-0.05, 0) is 41.8 Å². The number of hydrogen-bond donors (Lipinski definition) is 2. The summed E-state index contributed by atoms with van der Waals surface area (Å²) in [5.74, 6) is -0.753. The number of thioether (sulfide) groups is 1. The number of carboxylic acids is 1. The summed E-state index contributed by atoms with van der Waals surface area (Å²) in [6, 6.07) is 13.1. The summed E-state index contributed by atoms with van der Waals surface area (Å²) in [7, 11) is 0. The van der Waals surface area contributed by atoms with Crippen LogP contribution in [0, 0.1) is 0 Å². The van der Waals surface area contributed by atoms with Crippen molar-refractivity contribution in [2.75, 3.05) is 11.1 Å². The van der Waals surface area contributed by atoms with Gasteiger partial charge in [-0.2, -0.15) is 13.2 Å². The fourth-order valence-electron chi connectivity index (χ4n) is 2.31. The SMILES string of the molecule is O=C(O)CSCc1cccc(NC(=O)c2ccc(CCC(F)(F)F)cc2)c1. The zero-order valence-electron chi connectivity index (χ0n) is 14.3. The van der Waals surface area contributed by atoms with Crippen LogP contribution in [0.3, 0.4) is 0 Å². The topological polar surface area (TPSA) is 66.4 Å². The molecule has 0 atom stereocenters. The fourth-order valence-corrected chi connectivity index (χ4v) is 3.00. The van der Waals surface area contributed by atoms with Crippen molar-refractivity contribution in [3.8, 4) is 0 Å². The molecule has 2 aromatic rings. The highest BCUT2D eigenvalue weighted by Crippen LogP contribution is 2.22. The van der Waals surface area contributed by atoms with Crippen LogP contribution in [0.2, 0.25) is 0 Å². The molecule has 1 amide bonds. The molecule has 0 saturated carbocycles. The van der Waals surface area contributed by atoms with E-state index >= 15 is 0 Å². The highest BCUT2D eigenvalue weighted by molar-refractivity contribution is 7.99. The number of alkyl halides is 3. The van der Waals surface area contributed by atoms with Crippen LogP contribution in [-0.4, -0.2) is 28.9 Å². The first-order valence-electron chi connectivity index (χ1n) is 8.08. The molecule has 2 rings (SSSR count). The number of aryl methyl sites for hydroxylation is 1. The quantitative estimate of drug-likeness (QED) is 0.675. The Morgan fingerprint density at radius 2 is 1.74 bits per heavy atom. The molecule has 144 valence electrons. The van der Waals surface area contributed by atoms with Gasteiger partial charge in [0.05, 0.1) is 5.75 Å². The van der Waals surface area contributed by atoms with Crippen LogP contribution >= 0.6 is 11.8 Å². The first kappa shape index (κ1) is 20.8. The highest BCUT2D eigenvalue weighted by Gasteiger charge is 2.26. The number of carbonyl (C=O) groups is 2.